The first-order chi connectivity index (χ1) is 10.9. The fourth-order valence-corrected chi connectivity index (χ4v) is 1.86. The number of esters is 2. The average Bonchev–Trinajstić information content (AvgIpc) is 2.54. The third-order valence-electron chi connectivity index (χ3n) is 3.15. The molecular weight excluding hydrogens is 292 g/mol. The number of ether oxygens (including phenoxy) is 2. The number of hydrogen-bond donors (Lipinski definition) is 0. The molecule has 0 amide bonds. The standard InChI is InChI=1S/C19H20O4/c1-19(2,3)18(22-16(20)14-10-6-4-7-11-14)23-17(21)15-12-8-5-9-13-15/h4-13,18H,1-3H3. The van der Waals surface area contributed by atoms with Gasteiger partial charge in [0.05, 0.1) is 11.1 Å². The van der Waals surface area contributed by atoms with Gasteiger partial charge in [0.25, 0.3) is 6.29 Å². The molecule has 4 heteroatoms. The lowest BCUT2D eigenvalue weighted by Crippen LogP contribution is -2.36. The second-order valence-electron chi connectivity index (χ2n) is 6.24. The van der Waals surface area contributed by atoms with Crippen LogP contribution in [0, 0.1) is 5.41 Å². The van der Waals surface area contributed by atoms with Crippen LogP contribution in [-0.4, -0.2) is 18.2 Å². The zero-order valence-corrected chi connectivity index (χ0v) is 13.5. The molecule has 0 N–H and O–H groups in total. The molecule has 23 heavy (non-hydrogen) atoms. The van der Waals surface area contributed by atoms with Crippen LogP contribution in [0.1, 0.15) is 41.5 Å². The number of rotatable bonds is 4. The highest BCUT2D eigenvalue weighted by Crippen LogP contribution is 2.25. The van der Waals surface area contributed by atoms with Gasteiger partial charge in [0, 0.05) is 5.41 Å². The predicted octanol–water partition coefficient (Wildman–Crippen LogP) is 4.07. The summed E-state index contributed by atoms with van der Waals surface area (Å²) in [7, 11) is 0. The van der Waals surface area contributed by atoms with Crippen molar-refractivity contribution in [2.45, 2.75) is 27.1 Å². The zero-order valence-electron chi connectivity index (χ0n) is 13.5. The minimum Gasteiger partial charge on any atom is -0.421 e. The Kier molecular flexibility index (Phi) is 5.16. The SMILES string of the molecule is CC(C)(C)C(OC(=O)c1ccccc1)OC(=O)c1ccccc1. The van der Waals surface area contributed by atoms with Crippen LogP contribution < -0.4 is 0 Å². The van der Waals surface area contributed by atoms with E-state index >= 15 is 0 Å². The highest BCUT2D eigenvalue weighted by molar-refractivity contribution is 5.91. The van der Waals surface area contributed by atoms with Gasteiger partial charge in [0.2, 0.25) is 0 Å². The molecule has 2 aromatic carbocycles. The van der Waals surface area contributed by atoms with Crippen LogP contribution in [0.15, 0.2) is 60.7 Å². The highest BCUT2D eigenvalue weighted by atomic mass is 16.7. The van der Waals surface area contributed by atoms with E-state index in [2.05, 4.69) is 0 Å². The van der Waals surface area contributed by atoms with Gasteiger partial charge in [-0.05, 0) is 24.3 Å². The lowest BCUT2D eigenvalue weighted by Gasteiger charge is -2.29. The number of hydrogen-bond acceptors (Lipinski definition) is 4. The molecule has 2 rings (SSSR count). The Labute approximate surface area is 136 Å². The van der Waals surface area contributed by atoms with Crippen LogP contribution in [0.4, 0.5) is 0 Å². The number of carbonyl (C=O) groups is 2. The van der Waals surface area contributed by atoms with Crippen molar-refractivity contribution in [3.63, 3.8) is 0 Å². The van der Waals surface area contributed by atoms with Gasteiger partial charge in [-0.25, -0.2) is 9.59 Å². The Bertz CT molecular complexity index is 603. The Hall–Kier alpha value is -2.62. The van der Waals surface area contributed by atoms with Gasteiger partial charge in [-0.2, -0.15) is 0 Å². The molecule has 0 bridgehead atoms. The molecule has 0 radical (unpaired) electrons. The van der Waals surface area contributed by atoms with Crippen LogP contribution in [0.5, 0.6) is 0 Å². The maximum Gasteiger partial charge on any atom is 0.341 e. The lowest BCUT2D eigenvalue weighted by atomic mass is 9.96. The Morgan fingerprint density at radius 3 is 1.39 bits per heavy atom. The first-order valence-electron chi connectivity index (χ1n) is 7.40. The summed E-state index contributed by atoms with van der Waals surface area (Å²) in [5.74, 6) is -1.04. The zero-order chi connectivity index (χ0) is 16.9. The summed E-state index contributed by atoms with van der Waals surface area (Å²) >= 11 is 0. The van der Waals surface area contributed by atoms with E-state index in [4.69, 9.17) is 9.47 Å². The molecular formula is C19H20O4. The Balaban J connectivity index is 2.12. The molecule has 120 valence electrons. The van der Waals surface area contributed by atoms with Crippen molar-refractivity contribution in [1.82, 2.24) is 0 Å². The van der Waals surface area contributed by atoms with E-state index in [1.54, 1.807) is 48.5 Å². The molecule has 0 spiro atoms. The Morgan fingerprint density at radius 1 is 0.739 bits per heavy atom. The van der Waals surface area contributed by atoms with Crippen molar-refractivity contribution >= 4 is 11.9 Å². The monoisotopic (exact) mass is 312 g/mol. The van der Waals surface area contributed by atoms with Crippen molar-refractivity contribution in [3.8, 4) is 0 Å². The summed E-state index contributed by atoms with van der Waals surface area (Å²) < 4.78 is 10.8. The first-order valence-corrected chi connectivity index (χ1v) is 7.40. The molecule has 0 aliphatic rings. The fourth-order valence-electron chi connectivity index (χ4n) is 1.86. The van der Waals surface area contributed by atoms with Crippen molar-refractivity contribution in [2.24, 2.45) is 5.41 Å². The van der Waals surface area contributed by atoms with E-state index in [1.807, 2.05) is 32.9 Å². The molecule has 0 heterocycles. The van der Waals surface area contributed by atoms with E-state index < -0.39 is 23.6 Å². The highest BCUT2D eigenvalue weighted by Gasteiger charge is 2.32. The quantitative estimate of drug-likeness (QED) is 0.631. The van der Waals surface area contributed by atoms with Gasteiger partial charge < -0.3 is 9.47 Å². The largest absolute Gasteiger partial charge is 0.421 e. The first kappa shape index (κ1) is 16.7. The molecule has 0 aliphatic carbocycles. The minimum atomic E-state index is -0.983. The summed E-state index contributed by atoms with van der Waals surface area (Å²) in [6.07, 6.45) is -0.983. The van der Waals surface area contributed by atoms with Gasteiger partial charge in [-0.15, -0.1) is 0 Å². The number of benzene rings is 2. The predicted molar refractivity (Wildman–Crippen MR) is 87.0 cm³/mol. The molecule has 0 fully saturated rings. The molecule has 4 nitrogen and oxygen atoms in total. The third kappa shape index (κ3) is 4.68. The van der Waals surface area contributed by atoms with Gasteiger partial charge in [-0.1, -0.05) is 57.2 Å². The normalized spacial score (nSPS) is 11.1. The summed E-state index contributed by atoms with van der Waals surface area (Å²) in [5, 5.41) is 0. The summed E-state index contributed by atoms with van der Waals surface area (Å²) in [6, 6.07) is 17.2. The van der Waals surface area contributed by atoms with Crippen molar-refractivity contribution < 1.29 is 19.1 Å². The second-order valence-corrected chi connectivity index (χ2v) is 6.24. The van der Waals surface area contributed by atoms with E-state index in [9.17, 15) is 9.59 Å². The van der Waals surface area contributed by atoms with E-state index in [-0.39, 0.29) is 0 Å². The van der Waals surface area contributed by atoms with Crippen molar-refractivity contribution in [3.05, 3.63) is 71.8 Å². The van der Waals surface area contributed by atoms with Crippen LogP contribution in [0.3, 0.4) is 0 Å². The van der Waals surface area contributed by atoms with E-state index in [0.717, 1.165) is 0 Å². The van der Waals surface area contributed by atoms with Gasteiger partial charge in [0.15, 0.2) is 0 Å². The smallest absolute Gasteiger partial charge is 0.341 e. The maximum atomic E-state index is 12.2. The Morgan fingerprint density at radius 2 is 1.09 bits per heavy atom. The second kappa shape index (κ2) is 7.09. The fraction of sp³-hybridized carbons (Fsp3) is 0.263. The molecule has 2 aromatic rings. The molecule has 0 saturated heterocycles. The third-order valence-corrected chi connectivity index (χ3v) is 3.15. The molecule has 0 atom stereocenters. The van der Waals surface area contributed by atoms with Crippen LogP contribution in [0.25, 0.3) is 0 Å². The topological polar surface area (TPSA) is 52.6 Å². The van der Waals surface area contributed by atoms with Gasteiger partial charge in [0.1, 0.15) is 0 Å². The lowest BCUT2D eigenvalue weighted by molar-refractivity contribution is -0.131. The molecule has 0 saturated carbocycles. The summed E-state index contributed by atoms with van der Waals surface area (Å²) in [4.78, 5) is 24.4. The van der Waals surface area contributed by atoms with Gasteiger partial charge in [-0.3, -0.25) is 0 Å². The average molecular weight is 312 g/mol. The van der Waals surface area contributed by atoms with Crippen LogP contribution in [-0.2, 0) is 9.47 Å². The summed E-state index contributed by atoms with van der Waals surface area (Å²) in [5.41, 5.74) is 0.282. The van der Waals surface area contributed by atoms with Gasteiger partial charge >= 0.3 is 11.9 Å². The molecule has 0 aromatic heterocycles. The molecule has 0 aliphatic heterocycles. The molecule has 0 unspecified atom stereocenters. The summed E-state index contributed by atoms with van der Waals surface area (Å²) in [6.45, 7) is 5.52. The maximum absolute atomic E-state index is 12.2. The van der Waals surface area contributed by atoms with Crippen LogP contribution >= 0.6 is 0 Å². The van der Waals surface area contributed by atoms with Crippen molar-refractivity contribution in [2.75, 3.05) is 0 Å². The van der Waals surface area contributed by atoms with E-state index in [1.165, 1.54) is 0 Å². The minimum absolute atomic E-state index is 0.414. The van der Waals surface area contributed by atoms with Crippen LogP contribution in [0.2, 0.25) is 0 Å². The van der Waals surface area contributed by atoms with Crippen molar-refractivity contribution in [1.29, 1.82) is 0 Å². The number of carbonyl (C=O) groups excluding carboxylic acids is 2. The van der Waals surface area contributed by atoms with E-state index in [0.29, 0.717) is 11.1 Å².